The summed E-state index contributed by atoms with van der Waals surface area (Å²) < 4.78 is 29.0. The van der Waals surface area contributed by atoms with Crippen molar-refractivity contribution in [2.75, 3.05) is 5.73 Å². The Balaban J connectivity index is 1.74. The van der Waals surface area contributed by atoms with Gasteiger partial charge in [0.05, 0.1) is 24.0 Å². The number of nitrogens with zero attached hydrogens (tertiary/aromatic N) is 5. The third-order valence-corrected chi connectivity index (χ3v) is 4.30. The first-order chi connectivity index (χ1) is 12.0. The topological polar surface area (TPSA) is 74.0 Å². The summed E-state index contributed by atoms with van der Waals surface area (Å²) in [5.74, 6) is 0.804. The molecule has 8 heteroatoms. The van der Waals surface area contributed by atoms with Crippen molar-refractivity contribution in [2.24, 2.45) is 0 Å². The zero-order chi connectivity index (χ0) is 17.6. The van der Waals surface area contributed by atoms with Crippen molar-refractivity contribution in [3.05, 3.63) is 53.4 Å². The Morgan fingerprint density at radius 2 is 2.16 bits per heavy atom. The minimum Gasteiger partial charge on any atom is -0.367 e. The molecule has 1 aliphatic rings. The van der Waals surface area contributed by atoms with Crippen LogP contribution in [0.1, 0.15) is 22.8 Å². The van der Waals surface area contributed by atoms with Crippen LogP contribution in [0.3, 0.4) is 0 Å². The largest absolute Gasteiger partial charge is 0.367 e. The van der Waals surface area contributed by atoms with Crippen LogP contribution >= 0.6 is 0 Å². The maximum Gasteiger partial charge on any atom is 0.256 e. The van der Waals surface area contributed by atoms with Gasteiger partial charge in [0.15, 0.2) is 0 Å². The number of allylic oxidation sites excluding steroid dienone is 3. The van der Waals surface area contributed by atoms with Crippen LogP contribution in [0.25, 0.3) is 17.2 Å². The highest BCUT2D eigenvalue weighted by molar-refractivity contribution is 5.87. The first kappa shape index (κ1) is 15.5. The van der Waals surface area contributed by atoms with E-state index in [4.69, 9.17) is 5.73 Å². The monoisotopic (exact) mass is 342 g/mol. The Kier molecular flexibility index (Phi) is 3.60. The SMILES string of the molecule is Cc1nc2c(n1CC(F)F)CC=C(c1ccn3nc(N)ncc13)C=C2. The number of nitrogen functional groups attached to an aromatic ring is 1. The van der Waals surface area contributed by atoms with Gasteiger partial charge in [0.25, 0.3) is 6.43 Å². The Morgan fingerprint density at radius 1 is 1.32 bits per heavy atom. The zero-order valence-electron chi connectivity index (χ0n) is 13.5. The Morgan fingerprint density at radius 3 is 2.96 bits per heavy atom. The lowest BCUT2D eigenvalue weighted by Gasteiger charge is -2.08. The van der Waals surface area contributed by atoms with Crippen molar-refractivity contribution in [1.29, 1.82) is 0 Å². The fourth-order valence-corrected chi connectivity index (χ4v) is 3.16. The fourth-order valence-electron chi connectivity index (χ4n) is 3.16. The predicted molar refractivity (Wildman–Crippen MR) is 91.1 cm³/mol. The van der Waals surface area contributed by atoms with Gasteiger partial charge in [0.1, 0.15) is 5.82 Å². The minimum absolute atomic E-state index is 0.202. The third-order valence-electron chi connectivity index (χ3n) is 4.30. The summed E-state index contributed by atoms with van der Waals surface area (Å²) in [5, 5.41) is 4.13. The zero-order valence-corrected chi connectivity index (χ0v) is 13.5. The molecule has 0 saturated heterocycles. The first-order valence-electron chi connectivity index (χ1n) is 7.85. The number of aryl methyl sites for hydroxylation is 1. The highest BCUT2D eigenvalue weighted by Crippen LogP contribution is 2.28. The number of anilines is 1. The van der Waals surface area contributed by atoms with E-state index < -0.39 is 6.43 Å². The summed E-state index contributed by atoms with van der Waals surface area (Å²) in [4.78, 5) is 8.46. The molecule has 0 radical (unpaired) electrons. The highest BCUT2D eigenvalue weighted by Gasteiger charge is 2.18. The number of halogens is 2. The van der Waals surface area contributed by atoms with Crippen molar-refractivity contribution >= 4 is 23.1 Å². The number of fused-ring (bicyclic) bond motifs is 2. The van der Waals surface area contributed by atoms with Crippen LogP contribution in [0.5, 0.6) is 0 Å². The number of hydrogen-bond donors (Lipinski definition) is 1. The minimum atomic E-state index is -2.41. The molecule has 0 amide bonds. The Bertz CT molecular complexity index is 1010. The van der Waals surface area contributed by atoms with Crippen LogP contribution in [-0.4, -0.2) is 30.6 Å². The maximum absolute atomic E-state index is 12.8. The van der Waals surface area contributed by atoms with E-state index >= 15 is 0 Å². The predicted octanol–water partition coefficient (Wildman–Crippen LogP) is 2.73. The second-order valence-corrected chi connectivity index (χ2v) is 5.87. The van der Waals surface area contributed by atoms with E-state index in [0.29, 0.717) is 12.2 Å². The molecule has 0 fully saturated rings. The molecule has 128 valence electrons. The molecule has 3 aromatic rings. The summed E-state index contributed by atoms with van der Waals surface area (Å²) >= 11 is 0. The summed E-state index contributed by atoms with van der Waals surface area (Å²) in [6, 6.07) is 1.93. The lowest BCUT2D eigenvalue weighted by Crippen LogP contribution is -2.11. The van der Waals surface area contributed by atoms with Gasteiger partial charge in [-0.05, 0) is 24.6 Å². The average Bonchev–Trinajstić information content (AvgIpc) is 3.02. The number of nitrogens with two attached hydrogens (primary N) is 1. The summed E-state index contributed by atoms with van der Waals surface area (Å²) in [7, 11) is 0. The van der Waals surface area contributed by atoms with Gasteiger partial charge in [0.2, 0.25) is 5.95 Å². The first-order valence-corrected chi connectivity index (χ1v) is 7.85. The van der Waals surface area contributed by atoms with Crippen LogP contribution in [-0.2, 0) is 13.0 Å². The summed E-state index contributed by atoms with van der Waals surface area (Å²) in [6.45, 7) is 1.41. The second-order valence-electron chi connectivity index (χ2n) is 5.87. The van der Waals surface area contributed by atoms with Crippen LogP contribution in [0.4, 0.5) is 14.7 Å². The van der Waals surface area contributed by atoms with E-state index in [0.717, 1.165) is 28.0 Å². The van der Waals surface area contributed by atoms with E-state index in [9.17, 15) is 8.78 Å². The molecule has 0 bridgehead atoms. The lowest BCUT2D eigenvalue weighted by molar-refractivity contribution is 0.125. The van der Waals surface area contributed by atoms with E-state index in [2.05, 4.69) is 15.1 Å². The molecule has 3 heterocycles. The molecular weight excluding hydrogens is 326 g/mol. The molecule has 1 aliphatic carbocycles. The molecule has 6 nitrogen and oxygen atoms in total. The highest BCUT2D eigenvalue weighted by atomic mass is 19.3. The number of rotatable bonds is 3. The van der Waals surface area contributed by atoms with Gasteiger partial charge in [0, 0.05) is 23.9 Å². The van der Waals surface area contributed by atoms with E-state index in [1.165, 1.54) is 0 Å². The third kappa shape index (κ3) is 2.69. The number of aromatic nitrogens is 5. The molecule has 4 rings (SSSR count). The molecule has 0 aromatic carbocycles. The van der Waals surface area contributed by atoms with Gasteiger partial charge < -0.3 is 10.3 Å². The van der Waals surface area contributed by atoms with E-state index in [1.54, 1.807) is 22.2 Å². The quantitative estimate of drug-likeness (QED) is 0.794. The van der Waals surface area contributed by atoms with Gasteiger partial charge in [-0.3, -0.25) is 0 Å². The van der Waals surface area contributed by atoms with Gasteiger partial charge in [-0.1, -0.05) is 12.2 Å². The van der Waals surface area contributed by atoms with Crippen LogP contribution in [0.15, 0.2) is 30.6 Å². The van der Waals surface area contributed by atoms with Crippen molar-refractivity contribution in [3.63, 3.8) is 0 Å². The van der Waals surface area contributed by atoms with Crippen molar-refractivity contribution < 1.29 is 8.78 Å². The smallest absolute Gasteiger partial charge is 0.256 e. The molecular formula is C17H16F2N6. The van der Waals surface area contributed by atoms with Gasteiger partial charge in [-0.15, -0.1) is 5.10 Å². The van der Waals surface area contributed by atoms with Crippen LogP contribution < -0.4 is 5.73 Å². The number of hydrogen-bond acceptors (Lipinski definition) is 4. The Hall–Kier alpha value is -3.03. The molecule has 25 heavy (non-hydrogen) atoms. The van der Waals surface area contributed by atoms with Crippen molar-refractivity contribution in [3.8, 4) is 0 Å². The standard InChI is InChI=1S/C17H16F2N6/c1-10-22-13-4-2-11(3-5-14(13)24(10)9-16(18)19)12-6-7-25-15(12)8-21-17(20)23-25/h2-4,6-8,16H,5,9H2,1H3,(H2,20,23). The molecule has 0 aliphatic heterocycles. The Labute approximate surface area is 142 Å². The van der Waals surface area contributed by atoms with Gasteiger partial charge >= 0.3 is 0 Å². The van der Waals surface area contributed by atoms with Crippen LogP contribution in [0, 0.1) is 6.92 Å². The van der Waals surface area contributed by atoms with Crippen LogP contribution in [0.2, 0.25) is 0 Å². The maximum atomic E-state index is 12.8. The van der Waals surface area contributed by atoms with E-state index in [1.807, 2.05) is 30.5 Å². The molecule has 3 aromatic heterocycles. The molecule has 2 N–H and O–H groups in total. The molecule has 0 unspecified atom stereocenters. The average molecular weight is 342 g/mol. The van der Waals surface area contributed by atoms with Gasteiger partial charge in [-0.25, -0.2) is 23.3 Å². The lowest BCUT2D eigenvalue weighted by atomic mass is 10.1. The summed E-state index contributed by atoms with van der Waals surface area (Å²) in [5.41, 5.74) is 9.89. The second kappa shape index (κ2) is 5.80. The molecule has 0 spiro atoms. The number of alkyl halides is 2. The fraction of sp³-hybridized carbons (Fsp3) is 0.235. The van der Waals surface area contributed by atoms with Gasteiger partial charge in [-0.2, -0.15) is 0 Å². The normalized spacial score (nSPS) is 14.0. The summed E-state index contributed by atoms with van der Waals surface area (Å²) in [6.07, 6.45) is 7.42. The number of imidazole rings is 1. The molecule has 0 saturated carbocycles. The van der Waals surface area contributed by atoms with E-state index in [-0.39, 0.29) is 12.5 Å². The molecule has 0 atom stereocenters. The van der Waals surface area contributed by atoms with Crippen molar-refractivity contribution in [1.82, 2.24) is 24.1 Å². The van der Waals surface area contributed by atoms with Crippen molar-refractivity contribution in [2.45, 2.75) is 26.3 Å².